The summed E-state index contributed by atoms with van der Waals surface area (Å²) in [5.74, 6) is -0.409. The van der Waals surface area contributed by atoms with Gasteiger partial charge < -0.3 is 10.2 Å². The molecular formula is C18H20ClF3N2O2. The lowest BCUT2D eigenvalue weighted by atomic mass is 9.83. The third-order valence-corrected chi connectivity index (χ3v) is 5.51. The predicted molar refractivity (Wildman–Crippen MR) is 91.7 cm³/mol. The average molecular weight is 389 g/mol. The van der Waals surface area contributed by atoms with E-state index in [0.29, 0.717) is 25.9 Å². The maximum absolute atomic E-state index is 12.8. The Labute approximate surface area is 154 Å². The number of nitrogens with zero attached hydrogens (tertiary/aromatic N) is 1. The maximum atomic E-state index is 12.8. The van der Waals surface area contributed by atoms with E-state index in [1.54, 1.807) is 4.90 Å². The monoisotopic (exact) mass is 388 g/mol. The van der Waals surface area contributed by atoms with Gasteiger partial charge in [-0.1, -0.05) is 18.0 Å². The lowest BCUT2D eigenvalue weighted by molar-refractivity contribution is -0.140. The highest BCUT2D eigenvalue weighted by Crippen LogP contribution is 2.34. The van der Waals surface area contributed by atoms with Crippen molar-refractivity contribution in [2.24, 2.45) is 11.8 Å². The number of anilines is 1. The first-order valence-electron chi connectivity index (χ1n) is 8.72. The largest absolute Gasteiger partial charge is 0.416 e. The van der Waals surface area contributed by atoms with Gasteiger partial charge in [-0.05, 0) is 43.9 Å². The van der Waals surface area contributed by atoms with Crippen molar-refractivity contribution in [1.82, 2.24) is 4.90 Å². The summed E-state index contributed by atoms with van der Waals surface area (Å²) < 4.78 is 38.4. The summed E-state index contributed by atoms with van der Waals surface area (Å²) in [6, 6.07) is 2.85. The molecule has 1 aliphatic heterocycles. The van der Waals surface area contributed by atoms with Crippen molar-refractivity contribution in [3.63, 3.8) is 0 Å². The molecule has 1 saturated heterocycles. The van der Waals surface area contributed by atoms with Crippen LogP contribution in [0.25, 0.3) is 0 Å². The van der Waals surface area contributed by atoms with Gasteiger partial charge in [-0.15, -0.1) is 0 Å². The summed E-state index contributed by atoms with van der Waals surface area (Å²) in [6.45, 7) is 1.01. The van der Waals surface area contributed by atoms with Crippen LogP contribution in [0.15, 0.2) is 18.2 Å². The number of carbonyl (C=O) groups is 2. The summed E-state index contributed by atoms with van der Waals surface area (Å²) in [5, 5.41) is 2.57. The van der Waals surface area contributed by atoms with Gasteiger partial charge in [0.1, 0.15) is 0 Å². The molecule has 2 fully saturated rings. The molecular weight excluding hydrogens is 369 g/mol. The predicted octanol–water partition coefficient (Wildman–Crippen LogP) is 4.34. The van der Waals surface area contributed by atoms with Crippen LogP contribution in [0, 0.1) is 11.8 Å². The van der Waals surface area contributed by atoms with Crippen LogP contribution in [0.1, 0.15) is 37.7 Å². The van der Waals surface area contributed by atoms with Crippen LogP contribution < -0.4 is 5.32 Å². The molecule has 4 nitrogen and oxygen atoms in total. The van der Waals surface area contributed by atoms with Gasteiger partial charge in [-0.2, -0.15) is 13.2 Å². The molecule has 1 aromatic rings. The number of amides is 2. The Morgan fingerprint density at radius 1 is 1.08 bits per heavy atom. The van der Waals surface area contributed by atoms with Gasteiger partial charge in [-0.3, -0.25) is 9.59 Å². The van der Waals surface area contributed by atoms with Crippen LogP contribution in [0.3, 0.4) is 0 Å². The van der Waals surface area contributed by atoms with Crippen LogP contribution >= 0.6 is 11.6 Å². The summed E-state index contributed by atoms with van der Waals surface area (Å²) in [6.07, 6.45) is -0.535. The van der Waals surface area contributed by atoms with Crippen molar-refractivity contribution < 1.29 is 22.8 Å². The number of likely N-dealkylation sites (tertiary alicyclic amines) is 1. The first-order chi connectivity index (χ1) is 12.3. The van der Waals surface area contributed by atoms with Crippen molar-refractivity contribution in [1.29, 1.82) is 0 Å². The summed E-state index contributed by atoms with van der Waals surface area (Å²) in [7, 11) is 0. The molecule has 1 N–H and O–H groups in total. The highest BCUT2D eigenvalue weighted by Gasteiger charge is 2.34. The number of hydrogen-bond acceptors (Lipinski definition) is 2. The second-order valence-corrected chi connectivity index (χ2v) is 7.32. The SMILES string of the molecule is O=C(Nc1cc(C(F)(F)F)ccc1Cl)C1CCN(C(=O)C2CCC2)CC1. The molecule has 142 valence electrons. The van der Waals surface area contributed by atoms with E-state index in [9.17, 15) is 22.8 Å². The molecule has 1 aromatic carbocycles. The minimum absolute atomic E-state index is 0.0422. The van der Waals surface area contributed by atoms with Crippen LogP contribution in [-0.2, 0) is 15.8 Å². The molecule has 1 saturated carbocycles. The molecule has 2 aliphatic rings. The maximum Gasteiger partial charge on any atom is 0.416 e. The Morgan fingerprint density at radius 3 is 2.27 bits per heavy atom. The number of alkyl halides is 3. The normalized spacial score (nSPS) is 19.2. The number of carbonyl (C=O) groups excluding carboxylic acids is 2. The van der Waals surface area contributed by atoms with Crippen LogP contribution in [0.4, 0.5) is 18.9 Å². The van der Waals surface area contributed by atoms with Crippen molar-refractivity contribution in [2.75, 3.05) is 18.4 Å². The van der Waals surface area contributed by atoms with E-state index in [-0.39, 0.29) is 34.4 Å². The molecule has 0 bridgehead atoms. The minimum Gasteiger partial charge on any atom is -0.342 e. The zero-order valence-corrected chi connectivity index (χ0v) is 14.9. The van der Waals surface area contributed by atoms with E-state index < -0.39 is 11.7 Å². The molecule has 0 aromatic heterocycles. The third-order valence-electron chi connectivity index (χ3n) is 5.18. The summed E-state index contributed by atoms with van der Waals surface area (Å²) in [4.78, 5) is 26.4. The molecule has 0 spiro atoms. The summed E-state index contributed by atoms with van der Waals surface area (Å²) in [5.41, 5.74) is -0.905. The second-order valence-electron chi connectivity index (χ2n) is 6.91. The van der Waals surface area contributed by atoms with Crippen molar-refractivity contribution in [3.05, 3.63) is 28.8 Å². The zero-order chi connectivity index (χ0) is 18.9. The second kappa shape index (κ2) is 7.47. The number of benzene rings is 1. The minimum atomic E-state index is -4.50. The van der Waals surface area contributed by atoms with Gasteiger partial charge in [0.05, 0.1) is 16.3 Å². The first-order valence-corrected chi connectivity index (χ1v) is 9.10. The van der Waals surface area contributed by atoms with E-state index >= 15 is 0 Å². The first kappa shape index (κ1) is 19.0. The number of halogens is 4. The van der Waals surface area contributed by atoms with Gasteiger partial charge in [0, 0.05) is 24.9 Å². The smallest absolute Gasteiger partial charge is 0.342 e. The van der Waals surface area contributed by atoms with Gasteiger partial charge in [0.25, 0.3) is 0 Å². The highest BCUT2D eigenvalue weighted by atomic mass is 35.5. The highest BCUT2D eigenvalue weighted by molar-refractivity contribution is 6.33. The van der Waals surface area contributed by atoms with Gasteiger partial charge in [0.15, 0.2) is 0 Å². The fourth-order valence-corrected chi connectivity index (χ4v) is 3.47. The van der Waals surface area contributed by atoms with E-state index in [1.807, 2.05) is 0 Å². The van der Waals surface area contributed by atoms with Gasteiger partial charge in [0.2, 0.25) is 11.8 Å². The van der Waals surface area contributed by atoms with Crippen LogP contribution in [0.2, 0.25) is 5.02 Å². The lowest BCUT2D eigenvalue weighted by Gasteiger charge is -2.36. The van der Waals surface area contributed by atoms with Crippen LogP contribution in [0.5, 0.6) is 0 Å². The molecule has 0 unspecified atom stereocenters. The Morgan fingerprint density at radius 2 is 1.73 bits per heavy atom. The molecule has 8 heteroatoms. The molecule has 3 rings (SSSR count). The quantitative estimate of drug-likeness (QED) is 0.837. The fraction of sp³-hybridized carbons (Fsp3) is 0.556. The fourth-order valence-electron chi connectivity index (χ4n) is 3.31. The molecule has 2 amide bonds. The summed E-state index contributed by atoms with van der Waals surface area (Å²) >= 11 is 5.92. The third kappa shape index (κ3) is 4.14. The van der Waals surface area contributed by atoms with E-state index in [2.05, 4.69) is 5.32 Å². The van der Waals surface area contributed by atoms with E-state index in [4.69, 9.17) is 11.6 Å². The Hall–Kier alpha value is -1.76. The standard InChI is InChI=1S/C18H20ClF3N2O2/c19-14-5-4-13(18(20,21)22)10-15(14)23-16(25)11-6-8-24(9-7-11)17(26)12-2-1-3-12/h4-5,10-12H,1-3,6-9H2,(H,23,25). The van der Waals surface area contributed by atoms with Crippen LogP contribution in [-0.4, -0.2) is 29.8 Å². The Balaban J connectivity index is 1.58. The number of hydrogen-bond donors (Lipinski definition) is 1. The number of piperidine rings is 1. The number of nitrogens with one attached hydrogen (secondary N) is 1. The molecule has 26 heavy (non-hydrogen) atoms. The lowest BCUT2D eigenvalue weighted by Crippen LogP contribution is -2.45. The van der Waals surface area contributed by atoms with E-state index in [0.717, 1.165) is 37.5 Å². The van der Waals surface area contributed by atoms with E-state index in [1.165, 1.54) is 0 Å². The average Bonchev–Trinajstić information content (AvgIpc) is 2.54. The van der Waals surface area contributed by atoms with Gasteiger partial charge in [-0.25, -0.2) is 0 Å². The zero-order valence-electron chi connectivity index (χ0n) is 14.1. The van der Waals surface area contributed by atoms with Crippen molar-refractivity contribution >= 4 is 29.1 Å². The number of rotatable bonds is 3. The topological polar surface area (TPSA) is 49.4 Å². The Bertz CT molecular complexity index is 696. The molecule has 1 aliphatic carbocycles. The van der Waals surface area contributed by atoms with Crippen molar-refractivity contribution in [3.8, 4) is 0 Å². The molecule has 0 atom stereocenters. The Kier molecular flexibility index (Phi) is 5.46. The van der Waals surface area contributed by atoms with Gasteiger partial charge >= 0.3 is 6.18 Å². The molecule has 0 radical (unpaired) electrons. The van der Waals surface area contributed by atoms with Crippen molar-refractivity contribution in [2.45, 2.75) is 38.3 Å². The molecule has 1 heterocycles.